The number of halogens is 7. The van der Waals surface area contributed by atoms with Crippen LogP contribution in [0.25, 0.3) is 0 Å². The second kappa shape index (κ2) is 4.21. The largest absolute Gasteiger partial charge is 0.419 e. The molecule has 1 aromatic rings. The fraction of sp³-hybridized carbons (Fsp3) is 0.286. The molecule has 0 bridgehead atoms. The molecule has 1 aromatic heterocycles. The zero-order valence-corrected chi connectivity index (χ0v) is 9.09. The highest BCUT2D eigenvalue weighted by Gasteiger charge is 2.39. The van der Waals surface area contributed by atoms with Gasteiger partial charge in [0.25, 0.3) is 6.43 Å². The van der Waals surface area contributed by atoms with Crippen molar-refractivity contribution in [1.29, 1.82) is 0 Å². The average Bonchev–Trinajstić information content (AvgIpc) is 1.99. The van der Waals surface area contributed by atoms with E-state index in [1.165, 1.54) is 0 Å². The smallest absolute Gasteiger partial charge is 0.239 e. The van der Waals surface area contributed by atoms with Gasteiger partial charge in [-0.25, -0.2) is 13.8 Å². The molecule has 0 saturated carbocycles. The van der Waals surface area contributed by atoms with E-state index in [0.29, 0.717) is 0 Å². The van der Waals surface area contributed by atoms with Crippen molar-refractivity contribution < 1.29 is 22.0 Å². The topological polar surface area (TPSA) is 12.9 Å². The lowest BCUT2D eigenvalue weighted by Gasteiger charge is -2.13. The summed E-state index contributed by atoms with van der Waals surface area (Å²) in [5.74, 6) is 0. The SMILES string of the molecule is FC(F)c1nc(Br)cc(Cl)c1C(F)(F)F. The van der Waals surface area contributed by atoms with E-state index in [1.54, 1.807) is 0 Å². The Labute approximate surface area is 94.4 Å². The van der Waals surface area contributed by atoms with Gasteiger partial charge < -0.3 is 0 Å². The lowest BCUT2D eigenvalue weighted by atomic mass is 10.2. The lowest BCUT2D eigenvalue weighted by Crippen LogP contribution is -2.12. The van der Waals surface area contributed by atoms with Gasteiger partial charge in [-0.3, -0.25) is 0 Å². The first-order valence-electron chi connectivity index (χ1n) is 3.44. The van der Waals surface area contributed by atoms with Crippen molar-refractivity contribution in [2.24, 2.45) is 0 Å². The van der Waals surface area contributed by atoms with Crippen LogP contribution in [0.3, 0.4) is 0 Å². The van der Waals surface area contributed by atoms with Crippen molar-refractivity contribution in [2.75, 3.05) is 0 Å². The number of pyridine rings is 1. The summed E-state index contributed by atoms with van der Waals surface area (Å²) in [5, 5.41) is -0.806. The molecule has 0 N–H and O–H groups in total. The summed E-state index contributed by atoms with van der Waals surface area (Å²) >= 11 is 7.93. The van der Waals surface area contributed by atoms with Crippen LogP contribution in [-0.4, -0.2) is 4.98 Å². The van der Waals surface area contributed by atoms with Gasteiger partial charge in [-0.2, -0.15) is 13.2 Å². The Bertz CT molecular complexity index is 378. The van der Waals surface area contributed by atoms with Crippen LogP contribution >= 0.6 is 27.5 Å². The monoisotopic (exact) mass is 309 g/mol. The third-order valence-corrected chi connectivity index (χ3v) is 2.16. The summed E-state index contributed by atoms with van der Waals surface area (Å²) in [5.41, 5.74) is -2.97. The van der Waals surface area contributed by atoms with Crippen LogP contribution in [0, 0.1) is 0 Å². The number of hydrogen-bond donors (Lipinski definition) is 0. The fourth-order valence-corrected chi connectivity index (χ4v) is 1.80. The number of aromatic nitrogens is 1. The highest BCUT2D eigenvalue weighted by molar-refractivity contribution is 9.10. The summed E-state index contributed by atoms with van der Waals surface area (Å²) in [6.07, 6.45) is -8.28. The van der Waals surface area contributed by atoms with E-state index in [2.05, 4.69) is 20.9 Å². The minimum absolute atomic E-state index is 0.171. The summed E-state index contributed by atoms with van der Waals surface area (Å²) in [4.78, 5) is 3.06. The Hall–Kier alpha value is -0.430. The van der Waals surface area contributed by atoms with Crippen molar-refractivity contribution >= 4 is 27.5 Å². The van der Waals surface area contributed by atoms with Gasteiger partial charge in [-0.05, 0) is 22.0 Å². The molecular formula is C7H2BrClF5N. The number of rotatable bonds is 1. The van der Waals surface area contributed by atoms with E-state index in [-0.39, 0.29) is 4.60 Å². The predicted molar refractivity (Wildman–Crippen MR) is 46.9 cm³/mol. The summed E-state index contributed by atoms with van der Waals surface area (Å²) in [6, 6.07) is 0.816. The quantitative estimate of drug-likeness (QED) is 0.551. The Morgan fingerprint density at radius 1 is 1.33 bits per heavy atom. The Kier molecular flexibility index (Phi) is 3.55. The highest BCUT2D eigenvalue weighted by atomic mass is 79.9. The maximum Gasteiger partial charge on any atom is 0.419 e. The van der Waals surface area contributed by atoms with E-state index in [0.717, 1.165) is 6.07 Å². The fourth-order valence-electron chi connectivity index (χ4n) is 0.941. The summed E-state index contributed by atoms with van der Waals surface area (Å²) in [7, 11) is 0. The molecule has 0 aromatic carbocycles. The third kappa shape index (κ3) is 2.78. The van der Waals surface area contributed by atoms with Gasteiger partial charge in [-0.1, -0.05) is 11.6 Å². The first kappa shape index (κ1) is 12.6. The first-order valence-corrected chi connectivity index (χ1v) is 4.62. The number of nitrogens with zero attached hydrogens (tertiary/aromatic N) is 1. The van der Waals surface area contributed by atoms with E-state index < -0.39 is 28.9 Å². The molecule has 0 fully saturated rings. The van der Waals surface area contributed by atoms with Gasteiger partial charge in [0.05, 0.1) is 5.02 Å². The number of alkyl halides is 5. The van der Waals surface area contributed by atoms with E-state index in [4.69, 9.17) is 11.6 Å². The second-order valence-corrected chi connectivity index (χ2v) is 3.71. The molecule has 1 nitrogen and oxygen atoms in total. The Balaban J connectivity index is 3.48. The van der Waals surface area contributed by atoms with Crippen LogP contribution in [0.2, 0.25) is 5.02 Å². The number of hydrogen-bond acceptors (Lipinski definition) is 1. The maximum absolute atomic E-state index is 12.3. The third-order valence-electron chi connectivity index (χ3n) is 1.46. The van der Waals surface area contributed by atoms with Crippen molar-refractivity contribution in [3.05, 3.63) is 26.9 Å². The van der Waals surface area contributed by atoms with Crippen LogP contribution in [-0.2, 0) is 6.18 Å². The maximum atomic E-state index is 12.3. The van der Waals surface area contributed by atoms with Gasteiger partial charge in [0.15, 0.2) is 0 Å². The Morgan fingerprint density at radius 3 is 2.27 bits per heavy atom. The molecule has 0 unspecified atom stereocenters. The molecule has 84 valence electrons. The zero-order valence-electron chi connectivity index (χ0n) is 6.75. The molecule has 1 heterocycles. The normalized spacial score (nSPS) is 12.3. The molecule has 8 heteroatoms. The predicted octanol–water partition coefficient (Wildman–Crippen LogP) is 4.45. The highest BCUT2D eigenvalue weighted by Crippen LogP contribution is 2.40. The first-order chi connectivity index (χ1) is 6.73. The van der Waals surface area contributed by atoms with E-state index in [1.807, 2.05) is 0 Å². The van der Waals surface area contributed by atoms with Crippen LogP contribution in [0.15, 0.2) is 10.7 Å². The minimum Gasteiger partial charge on any atom is -0.239 e. The zero-order chi connectivity index (χ0) is 11.8. The molecule has 0 saturated heterocycles. The van der Waals surface area contributed by atoms with Gasteiger partial charge in [0.2, 0.25) is 0 Å². The van der Waals surface area contributed by atoms with Crippen molar-refractivity contribution in [3.8, 4) is 0 Å². The molecule has 15 heavy (non-hydrogen) atoms. The molecule has 0 amide bonds. The second-order valence-electron chi connectivity index (χ2n) is 2.49. The summed E-state index contributed by atoms with van der Waals surface area (Å²) in [6.45, 7) is 0. The van der Waals surface area contributed by atoms with Gasteiger partial charge in [0.1, 0.15) is 15.9 Å². The standard InChI is InChI=1S/C7H2BrClF5N/c8-3-1-2(9)4(7(12,13)14)5(15-3)6(10)11/h1,6H. The van der Waals surface area contributed by atoms with Crippen LogP contribution in [0.1, 0.15) is 17.7 Å². The van der Waals surface area contributed by atoms with Crippen molar-refractivity contribution in [1.82, 2.24) is 4.98 Å². The molecule has 0 aliphatic heterocycles. The Morgan fingerprint density at radius 2 is 1.87 bits per heavy atom. The van der Waals surface area contributed by atoms with Crippen molar-refractivity contribution in [2.45, 2.75) is 12.6 Å². The lowest BCUT2D eigenvalue weighted by molar-refractivity contribution is -0.139. The van der Waals surface area contributed by atoms with E-state index >= 15 is 0 Å². The summed E-state index contributed by atoms with van der Waals surface area (Å²) < 4.78 is 61.4. The molecule has 1 rings (SSSR count). The van der Waals surface area contributed by atoms with E-state index in [9.17, 15) is 22.0 Å². The molecule has 0 atom stereocenters. The molecule has 0 aliphatic carbocycles. The van der Waals surface area contributed by atoms with Gasteiger partial charge in [0, 0.05) is 0 Å². The van der Waals surface area contributed by atoms with Crippen molar-refractivity contribution in [3.63, 3.8) is 0 Å². The minimum atomic E-state index is -4.95. The molecule has 0 radical (unpaired) electrons. The van der Waals surface area contributed by atoms with Gasteiger partial charge in [-0.15, -0.1) is 0 Å². The molecular weight excluding hydrogens is 308 g/mol. The van der Waals surface area contributed by atoms with Crippen LogP contribution < -0.4 is 0 Å². The van der Waals surface area contributed by atoms with Crippen LogP contribution in [0.5, 0.6) is 0 Å². The average molecular weight is 310 g/mol. The molecule has 0 aliphatic rings. The van der Waals surface area contributed by atoms with Gasteiger partial charge >= 0.3 is 6.18 Å². The molecule has 0 spiro atoms. The van der Waals surface area contributed by atoms with Crippen LogP contribution in [0.4, 0.5) is 22.0 Å².